The summed E-state index contributed by atoms with van der Waals surface area (Å²) in [6.45, 7) is 6.78. The molecule has 20 heavy (non-hydrogen) atoms. The van der Waals surface area contributed by atoms with Gasteiger partial charge < -0.3 is 5.32 Å². The molecule has 0 fully saturated rings. The van der Waals surface area contributed by atoms with E-state index >= 15 is 0 Å². The van der Waals surface area contributed by atoms with Crippen molar-refractivity contribution in [3.8, 4) is 0 Å². The summed E-state index contributed by atoms with van der Waals surface area (Å²) >= 11 is 0. The standard InChI is InChI=1S/C18H21NO/c1-13-8-9-17(15(3)10-13)12-19-18(20)11-16-7-5-4-6-14(16)2/h4-10H,11-12H2,1-3H3,(H,19,20). The highest BCUT2D eigenvalue weighted by atomic mass is 16.1. The van der Waals surface area contributed by atoms with Gasteiger partial charge >= 0.3 is 0 Å². The van der Waals surface area contributed by atoms with Crippen LogP contribution in [0.25, 0.3) is 0 Å². The highest BCUT2D eigenvalue weighted by Gasteiger charge is 2.06. The minimum Gasteiger partial charge on any atom is -0.352 e. The van der Waals surface area contributed by atoms with Crippen LogP contribution in [0.2, 0.25) is 0 Å². The van der Waals surface area contributed by atoms with E-state index in [2.05, 4.69) is 37.4 Å². The Hall–Kier alpha value is -2.09. The molecule has 0 unspecified atom stereocenters. The van der Waals surface area contributed by atoms with Crippen molar-refractivity contribution in [3.63, 3.8) is 0 Å². The summed E-state index contributed by atoms with van der Waals surface area (Å²) in [4.78, 5) is 12.0. The predicted molar refractivity (Wildman–Crippen MR) is 82.6 cm³/mol. The van der Waals surface area contributed by atoms with Crippen molar-refractivity contribution < 1.29 is 4.79 Å². The van der Waals surface area contributed by atoms with Crippen LogP contribution in [-0.4, -0.2) is 5.91 Å². The lowest BCUT2D eigenvalue weighted by molar-refractivity contribution is -0.120. The molecule has 0 saturated carbocycles. The fraction of sp³-hybridized carbons (Fsp3) is 0.278. The lowest BCUT2D eigenvalue weighted by Gasteiger charge is -2.10. The van der Waals surface area contributed by atoms with Crippen molar-refractivity contribution in [1.29, 1.82) is 0 Å². The Bertz CT molecular complexity index is 617. The highest BCUT2D eigenvalue weighted by molar-refractivity contribution is 5.78. The second-order valence-electron chi connectivity index (χ2n) is 5.31. The fourth-order valence-corrected chi connectivity index (χ4v) is 2.28. The van der Waals surface area contributed by atoms with Gasteiger partial charge in [-0.15, -0.1) is 0 Å². The fourth-order valence-electron chi connectivity index (χ4n) is 2.28. The van der Waals surface area contributed by atoms with Crippen molar-refractivity contribution in [1.82, 2.24) is 5.32 Å². The van der Waals surface area contributed by atoms with Crippen molar-refractivity contribution in [3.05, 3.63) is 70.3 Å². The number of amides is 1. The average Bonchev–Trinajstić information content (AvgIpc) is 2.40. The number of hydrogen-bond donors (Lipinski definition) is 1. The monoisotopic (exact) mass is 267 g/mol. The van der Waals surface area contributed by atoms with E-state index in [1.54, 1.807) is 0 Å². The largest absolute Gasteiger partial charge is 0.352 e. The Morgan fingerprint density at radius 2 is 1.70 bits per heavy atom. The highest BCUT2D eigenvalue weighted by Crippen LogP contribution is 2.11. The first-order valence-electron chi connectivity index (χ1n) is 6.93. The van der Waals surface area contributed by atoms with Crippen LogP contribution >= 0.6 is 0 Å². The van der Waals surface area contributed by atoms with Gasteiger partial charge in [0.15, 0.2) is 0 Å². The molecule has 0 atom stereocenters. The van der Waals surface area contributed by atoms with E-state index in [0.29, 0.717) is 13.0 Å². The summed E-state index contributed by atoms with van der Waals surface area (Å²) in [6.07, 6.45) is 0.442. The number of carbonyl (C=O) groups excluding carboxylic acids is 1. The number of hydrogen-bond acceptors (Lipinski definition) is 1. The summed E-state index contributed by atoms with van der Waals surface area (Å²) in [7, 11) is 0. The minimum atomic E-state index is 0.0688. The molecule has 1 amide bonds. The zero-order chi connectivity index (χ0) is 14.5. The van der Waals surface area contributed by atoms with E-state index in [4.69, 9.17) is 0 Å². The molecule has 0 saturated heterocycles. The van der Waals surface area contributed by atoms with Crippen LogP contribution in [0.4, 0.5) is 0 Å². The van der Waals surface area contributed by atoms with Gasteiger partial charge in [-0.2, -0.15) is 0 Å². The second kappa shape index (κ2) is 6.38. The number of carbonyl (C=O) groups is 1. The van der Waals surface area contributed by atoms with E-state index in [9.17, 15) is 4.79 Å². The van der Waals surface area contributed by atoms with Crippen molar-refractivity contribution in [2.24, 2.45) is 0 Å². The van der Waals surface area contributed by atoms with Crippen molar-refractivity contribution >= 4 is 5.91 Å². The maximum absolute atomic E-state index is 12.0. The Kier molecular flexibility index (Phi) is 4.57. The number of nitrogens with one attached hydrogen (secondary N) is 1. The quantitative estimate of drug-likeness (QED) is 0.903. The van der Waals surface area contributed by atoms with Gasteiger partial charge in [-0.1, -0.05) is 48.0 Å². The van der Waals surface area contributed by atoms with E-state index < -0.39 is 0 Å². The SMILES string of the molecule is Cc1ccc(CNC(=O)Cc2ccccc2C)c(C)c1. The van der Waals surface area contributed by atoms with Crippen molar-refractivity contribution in [2.45, 2.75) is 33.7 Å². The Morgan fingerprint density at radius 3 is 2.40 bits per heavy atom. The number of rotatable bonds is 4. The van der Waals surface area contributed by atoms with Gasteiger partial charge in [-0.05, 0) is 43.0 Å². The Labute approximate surface area is 120 Å². The molecule has 0 bridgehead atoms. The third-order valence-corrected chi connectivity index (χ3v) is 3.59. The molecule has 0 radical (unpaired) electrons. The molecule has 2 rings (SSSR count). The van der Waals surface area contributed by atoms with Gasteiger partial charge in [0.05, 0.1) is 6.42 Å². The molecule has 0 aliphatic carbocycles. The van der Waals surface area contributed by atoms with Crippen LogP contribution in [0, 0.1) is 20.8 Å². The molecule has 2 aromatic rings. The molecule has 0 spiro atoms. The second-order valence-corrected chi connectivity index (χ2v) is 5.31. The van der Waals surface area contributed by atoms with Gasteiger partial charge in [-0.25, -0.2) is 0 Å². The predicted octanol–water partition coefficient (Wildman–Crippen LogP) is 3.47. The van der Waals surface area contributed by atoms with Crippen LogP contribution in [0.1, 0.15) is 27.8 Å². The first-order chi connectivity index (χ1) is 9.56. The molecule has 0 heterocycles. The minimum absolute atomic E-state index is 0.0688. The zero-order valence-electron chi connectivity index (χ0n) is 12.4. The Balaban J connectivity index is 1.94. The third-order valence-electron chi connectivity index (χ3n) is 3.59. The lowest BCUT2D eigenvalue weighted by atomic mass is 10.0. The van der Waals surface area contributed by atoms with Gasteiger partial charge in [0, 0.05) is 6.54 Å². The summed E-state index contributed by atoms with van der Waals surface area (Å²) in [5.74, 6) is 0.0688. The van der Waals surface area contributed by atoms with Crippen molar-refractivity contribution in [2.75, 3.05) is 0 Å². The first kappa shape index (κ1) is 14.3. The molecule has 104 valence electrons. The van der Waals surface area contributed by atoms with E-state index in [-0.39, 0.29) is 5.91 Å². The van der Waals surface area contributed by atoms with Gasteiger partial charge in [-0.3, -0.25) is 4.79 Å². The third kappa shape index (κ3) is 3.70. The molecule has 2 aromatic carbocycles. The maximum atomic E-state index is 12.0. The van der Waals surface area contributed by atoms with E-state index in [0.717, 1.165) is 11.1 Å². The van der Waals surface area contributed by atoms with E-state index in [1.807, 2.05) is 31.2 Å². The molecule has 0 aliphatic rings. The summed E-state index contributed by atoms with van der Waals surface area (Å²) < 4.78 is 0. The summed E-state index contributed by atoms with van der Waals surface area (Å²) in [5.41, 5.74) is 5.90. The van der Waals surface area contributed by atoms with Crippen LogP contribution in [-0.2, 0) is 17.8 Å². The summed E-state index contributed by atoms with van der Waals surface area (Å²) in [6, 6.07) is 14.3. The smallest absolute Gasteiger partial charge is 0.224 e. The maximum Gasteiger partial charge on any atom is 0.224 e. The normalized spacial score (nSPS) is 10.3. The number of benzene rings is 2. The first-order valence-corrected chi connectivity index (χ1v) is 6.93. The number of aryl methyl sites for hydroxylation is 3. The topological polar surface area (TPSA) is 29.1 Å². The van der Waals surface area contributed by atoms with Crippen LogP contribution in [0.15, 0.2) is 42.5 Å². The van der Waals surface area contributed by atoms with Crippen LogP contribution in [0.5, 0.6) is 0 Å². The zero-order valence-corrected chi connectivity index (χ0v) is 12.4. The lowest BCUT2D eigenvalue weighted by Crippen LogP contribution is -2.25. The van der Waals surface area contributed by atoms with Crippen LogP contribution in [0.3, 0.4) is 0 Å². The Morgan fingerprint density at radius 1 is 0.950 bits per heavy atom. The summed E-state index contributed by atoms with van der Waals surface area (Å²) in [5, 5.41) is 3.00. The molecule has 1 N–H and O–H groups in total. The molecular formula is C18H21NO. The molecule has 0 aliphatic heterocycles. The molecule has 0 aromatic heterocycles. The van der Waals surface area contributed by atoms with Gasteiger partial charge in [0.1, 0.15) is 0 Å². The molecule has 2 heteroatoms. The van der Waals surface area contributed by atoms with Gasteiger partial charge in [0.25, 0.3) is 0 Å². The molecular weight excluding hydrogens is 246 g/mol. The van der Waals surface area contributed by atoms with E-state index in [1.165, 1.54) is 16.7 Å². The average molecular weight is 267 g/mol. The molecule has 2 nitrogen and oxygen atoms in total. The van der Waals surface area contributed by atoms with Crippen LogP contribution < -0.4 is 5.32 Å². The van der Waals surface area contributed by atoms with Gasteiger partial charge in [0.2, 0.25) is 5.91 Å².